The quantitative estimate of drug-likeness (QED) is 0.826. The van der Waals surface area contributed by atoms with Crippen LogP contribution in [0.5, 0.6) is 0 Å². The number of nitrogens with one attached hydrogen (secondary N) is 2. The first-order chi connectivity index (χ1) is 7.79. The van der Waals surface area contributed by atoms with Crippen LogP contribution in [0.1, 0.15) is 30.5 Å². The largest absolute Gasteiger partial charge is 0.349 e. The molecule has 1 atom stereocenters. The number of nitrogens with zero attached hydrogens (tertiary/aromatic N) is 1. The van der Waals surface area contributed by atoms with Crippen LogP contribution in [-0.4, -0.2) is 23.5 Å². The molecule has 5 heteroatoms. The molecule has 88 valence electrons. The second kappa shape index (κ2) is 5.41. The fraction of sp³-hybridized carbons (Fsp3) is 0.636. The van der Waals surface area contributed by atoms with Crippen LogP contribution in [0.2, 0.25) is 0 Å². The molecule has 2 rings (SSSR count). The van der Waals surface area contributed by atoms with Crippen LogP contribution in [0.15, 0.2) is 5.38 Å². The molecule has 1 fully saturated rings. The second-order valence-corrected chi connectivity index (χ2v) is 4.90. The van der Waals surface area contributed by atoms with E-state index < -0.39 is 0 Å². The van der Waals surface area contributed by atoms with Gasteiger partial charge in [0.1, 0.15) is 0 Å². The summed E-state index contributed by atoms with van der Waals surface area (Å²) in [6.07, 6.45) is 3.00. The van der Waals surface area contributed by atoms with Gasteiger partial charge in [0.15, 0.2) is 0 Å². The first-order valence-electron chi connectivity index (χ1n) is 5.74. The van der Waals surface area contributed by atoms with E-state index in [2.05, 4.69) is 22.5 Å². The Morgan fingerprint density at radius 1 is 1.75 bits per heavy atom. The summed E-state index contributed by atoms with van der Waals surface area (Å²) in [7, 11) is 0. The van der Waals surface area contributed by atoms with E-state index in [1.165, 1.54) is 0 Å². The molecule has 16 heavy (non-hydrogen) atoms. The second-order valence-electron chi connectivity index (χ2n) is 3.95. The van der Waals surface area contributed by atoms with Gasteiger partial charge < -0.3 is 10.6 Å². The van der Waals surface area contributed by atoms with Gasteiger partial charge in [-0.3, -0.25) is 4.79 Å². The van der Waals surface area contributed by atoms with E-state index in [0.717, 1.165) is 36.5 Å². The third-order valence-corrected chi connectivity index (χ3v) is 3.76. The van der Waals surface area contributed by atoms with Crippen LogP contribution >= 0.6 is 11.3 Å². The molecule has 1 saturated heterocycles. The van der Waals surface area contributed by atoms with E-state index in [0.29, 0.717) is 6.54 Å². The summed E-state index contributed by atoms with van der Waals surface area (Å²) in [5.41, 5.74) is 0.966. The molecule has 1 aliphatic rings. The summed E-state index contributed by atoms with van der Waals surface area (Å²) in [4.78, 5) is 16.1. The van der Waals surface area contributed by atoms with Gasteiger partial charge in [0, 0.05) is 5.38 Å². The van der Waals surface area contributed by atoms with Gasteiger partial charge in [0.05, 0.1) is 23.3 Å². The number of carbonyl (C=O) groups excluding carboxylic acids is 1. The van der Waals surface area contributed by atoms with Crippen molar-refractivity contribution in [2.75, 3.05) is 6.54 Å². The van der Waals surface area contributed by atoms with E-state index in [-0.39, 0.29) is 11.9 Å². The van der Waals surface area contributed by atoms with Gasteiger partial charge in [-0.25, -0.2) is 4.98 Å². The molecule has 1 aromatic heterocycles. The maximum absolute atomic E-state index is 11.7. The Kier molecular flexibility index (Phi) is 3.90. The Morgan fingerprint density at radius 3 is 3.25 bits per heavy atom. The predicted molar refractivity (Wildman–Crippen MR) is 64.4 cm³/mol. The van der Waals surface area contributed by atoms with Crippen molar-refractivity contribution in [2.24, 2.45) is 0 Å². The summed E-state index contributed by atoms with van der Waals surface area (Å²) in [6.45, 7) is 3.59. The Hall–Kier alpha value is -0.940. The van der Waals surface area contributed by atoms with Crippen LogP contribution in [0.3, 0.4) is 0 Å². The summed E-state index contributed by atoms with van der Waals surface area (Å²) in [5.74, 6) is 0.101. The van der Waals surface area contributed by atoms with Crippen molar-refractivity contribution < 1.29 is 4.79 Å². The summed E-state index contributed by atoms with van der Waals surface area (Å²) in [6, 6.07) is 0.00396. The SMILES string of the molecule is CCc1nc(CNC(=O)[C@@H]2CCCN2)cs1. The standard InChI is InChI=1S/C11H17N3OS/c1-2-10-14-8(7-16-10)6-13-11(15)9-4-3-5-12-9/h7,9,12H,2-6H2,1H3,(H,13,15)/t9-/m0/s1. The molecule has 1 aliphatic heterocycles. The number of hydrogen-bond donors (Lipinski definition) is 2. The molecule has 0 saturated carbocycles. The number of rotatable bonds is 4. The average Bonchev–Trinajstić information content (AvgIpc) is 2.96. The maximum Gasteiger partial charge on any atom is 0.237 e. The minimum absolute atomic E-state index is 0.00396. The van der Waals surface area contributed by atoms with Gasteiger partial charge in [-0.15, -0.1) is 11.3 Å². The lowest BCUT2D eigenvalue weighted by atomic mass is 10.2. The molecule has 0 bridgehead atoms. The first kappa shape index (κ1) is 11.5. The van der Waals surface area contributed by atoms with Crippen molar-refractivity contribution in [3.8, 4) is 0 Å². The highest BCUT2D eigenvalue weighted by atomic mass is 32.1. The fourth-order valence-corrected chi connectivity index (χ4v) is 2.55. The monoisotopic (exact) mass is 239 g/mol. The maximum atomic E-state index is 11.7. The molecular weight excluding hydrogens is 222 g/mol. The van der Waals surface area contributed by atoms with Crippen LogP contribution in [0, 0.1) is 0 Å². The zero-order chi connectivity index (χ0) is 11.4. The molecule has 0 spiro atoms. The van der Waals surface area contributed by atoms with Gasteiger partial charge in [-0.2, -0.15) is 0 Å². The number of amides is 1. The first-order valence-corrected chi connectivity index (χ1v) is 6.62. The highest BCUT2D eigenvalue weighted by molar-refractivity contribution is 7.09. The molecule has 2 N–H and O–H groups in total. The van der Waals surface area contributed by atoms with Crippen LogP contribution in [0.4, 0.5) is 0 Å². The van der Waals surface area contributed by atoms with Crippen LogP contribution in [-0.2, 0) is 17.8 Å². The lowest BCUT2D eigenvalue weighted by Gasteiger charge is -2.09. The number of thiazole rings is 1. The Morgan fingerprint density at radius 2 is 2.62 bits per heavy atom. The van der Waals surface area contributed by atoms with Crippen LogP contribution < -0.4 is 10.6 Å². The minimum Gasteiger partial charge on any atom is -0.349 e. The topological polar surface area (TPSA) is 54.0 Å². The summed E-state index contributed by atoms with van der Waals surface area (Å²) >= 11 is 1.66. The molecule has 1 aromatic rings. The van der Waals surface area contributed by atoms with Gasteiger partial charge >= 0.3 is 0 Å². The Balaban J connectivity index is 1.80. The summed E-state index contributed by atoms with van der Waals surface area (Å²) < 4.78 is 0. The van der Waals surface area contributed by atoms with Gasteiger partial charge in [0.2, 0.25) is 5.91 Å². The van der Waals surface area contributed by atoms with E-state index in [1.54, 1.807) is 11.3 Å². The lowest BCUT2D eigenvalue weighted by molar-refractivity contribution is -0.122. The Labute approximate surface area is 99.5 Å². The van der Waals surface area contributed by atoms with Crippen LogP contribution in [0.25, 0.3) is 0 Å². The average molecular weight is 239 g/mol. The summed E-state index contributed by atoms with van der Waals surface area (Å²) in [5, 5.41) is 9.24. The molecule has 0 unspecified atom stereocenters. The molecule has 1 amide bonds. The van der Waals surface area contributed by atoms with Crippen molar-refractivity contribution >= 4 is 17.2 Å². The molecule has 0 aromatic carbocycles. The molecule has 2 heterocycles. The van der Waals surface area contributed by atoms with Crippen molar-refractivity contribution in [1.82, 2.24) is 15.6 Å². The molecule has 0 aliphatic carbocycles. The number of hydrogen-bond acceptors (Lipinski definition) is 4. The van der Waals surface area contributed by atoms with E-state index >= 15 is 0 Å². The van der Waals surface area contributed by atoms with Gasteiger partial charge in [-0.1, -0.05) is 6.92 Å². The third kappa shape index (κ3) is 2.80. The predicted octanol–water partition coefficient (Wildman–Crippen LogP) is 1.07. The highest BCUT2D eigenvalue weighted by Crippen LogP contribution is 2.10. The molecular formula is C11H17N3OS. The molecule has 0 radical (unpaired) electrons. The third-order valence-electron chi connectivity index (χ3n) is 2.72. The normalized spacial score (nSPS) is 19.9. The minimum atomic E-state index is 0.00396. The van der Waals surface area contributed by atoms with E-state index in [4.69, 9.17) is 0 Å². The van der Waals surface area contributed by atoms with Crippen molar-refractivity contribution in [3.63, 3.8) is 0 Å². The number of aryl methyl sites for hydroxylation is 1. The Bertz CT molecular complexity index is 358. The fourth-order valence-electron chi connectivity index (χ4n) is 1.80. The lowest BCUT2D eigenvalue weighted by Crippen LogP contribution is -2.40. The van der Waals surface area contributed by atoms with E-state index in [1.807, 2.05) is 5.38 Å². The zero-order valence-corrected chi connectivity index (χ0v) is 10.3. The molecule has 4 nitrogen and oxygen atoms in total. The van der Waals surface area contributed by atoms with E-state index in [9.17, 15) is 4.79 Å². The van der Waals surface area contributed by atoms with Gasteiger partial charge in [-0.05, 0) is 25.8 Å². The zero-order valence-electron chi connectivity index (χ0n) is 9.45. The van der Waals surface area contributed by atoms with Crippen molar-refractivity contribution in [3.05, 3.63) is 16.1 Å². The van der Waals surface area contributed by atoms with Gasteiger partial charge in [0.25, 0.3) is 0 Å². The number of carbonyl (C=O) groups is 1. The number of aromatic nitrogens is 1. The van der Waals surface area contributed by atoms with Crippen molar-refractivity contribution in [2.45, 2.75) is 38.8 Å². The smallest absolute Gasteiger partial charge is 0.237 e. The highest BCUT2D eigenvalue weighted by Gasteiger charge is 2.21. The van der Waals surface area contributed by atoms with Crippen molar-refractivity contribution in [1.29, 1.82) is 0 Å².